The van der Waals surface area contributed by atoms with Gasteiger partial charge in [-0.15, -0.1) is 0 Å². The summed E-state index contributed by atoms with van der Waals surface area (Å²) in [5.41, 5.74) is 0. The quantitative estimate of drug-likeness (QED) is 0.502. The van der Waals surface area contributed by atoms with E-state index >= 15 is 0 Å². The van der Waals surface area contributed by atoms with Crippen LogP contribution in [0.5, 0.6) is 0 Å². The number of nitrogens with one attached hydrogen (secondary N) is 1. The maximum absolute atomic E-state index is 8.78. The second kappa shape index (κ2) is 4.96. The van der Waals surface area contributed by atoms with Crippen LogP contribution in [-0.2, 0) is 0 Å². The lowest BCUT2D eigenvalue weighted by molar-refractivity contribution is 0.220. The first kappa shape index (κ1) is 7.81. The van der Waals surface area contributed by atoms with Gasteiger partial charge >= 0.3 is 0 Å². The lowest BCUT2D eigenvalue weighted by Crippen LogP contribution is -1.83. The molecule has 4 heteroatoms. The van der Waals surface area contributed by atoms with Gasteiger partial charge in [-0.1, -0.05) is 0 Å². The van der Waals surface area contributed by atoms with E-state index in [0.717, 1.165) is 0 Å². The third-order valence-corrected chi connectivity index (χ3v) is 0.496. The van der Waals surface area contributed by atoms with Crippen molar-refractivity contribution in [2.24, 2.45) is 0 Å². The molecule has 2 N–H and O–H groups in total. The Balaban J connectivity index is 0.000000148. The van der Waals surface area contributed by atoms with E-state index in [4.69, 9.17) is 9.90 Å². The Hall–Kier alpha value is -1.19. The van der Waals surface area contributed by atoms with Crippen LogP contribution in [0.2, 0.25) is 0 Å². The summed E-state index contributed by atoms with van der Waals surface area (Å²) in [4.78, 5) is 11.6. The van der Waals surface area contributed by atoms with Crippen LogP contribution in [0, 0.1) is 0 Å². The molecule has 0 aliphatic carbocycles. The SMILES string of the molecule is [B]C(=O)O.c1cc[nH]c1. The minimum atomic E-state index is -1.33. The molecule has 0 spiro atoms. The van der Waals surface area contributed by atoms with Crippen LogP contribution in [0.25, 0.3) is 0 Å². The Kier molecular flexibility index (Phi) is 4.31. The summed E-state index contributed by atoms with van der Waals surface area (Å²) < 4.78 is 0. The number of hydrogen-bond donors (Lipinski definition) is 2. The van der Waals surface area contributed by atoms with Gasteiger partial charge in [0.05, 0.1) is 0 Å². The van der Waals surface area contributed by atoms with Crippen LogP contribution in [0.15, 0.2) is 24.5 Å². The standard InChI is InChI=1S/C4H5N.CHBO2/c1-2-4-5-3-1;2-1(3)4/h1-5H;(H,3,4). The molecule has 2 radical (unpaired) electrons. The highest BCUT2D eigenvalue weighted by Gasteiger charge is 1.66. The maximum Gasteiger partial charge on any atom is 0.233 e. The summed E-state index contributed by atoms with van der Waals surface area (Å²) in [6, 6.07) is 3.89. The molecule has 1 rings (SSSR count). The molecule has 0 bridgehead atoms. The Morgan fingerprint density at radius 1 is 1.44 bits per heavy atom. The van der Waals surface area contributed by atoms with E-state index in [9.17, 15) is 0 Å². The third-order valence-electron chi connectivity index (χ3n) is 0.496. The van der Waals surface area contributed by atoms with Crippen molar-refractivity contribution in [1.82, 2.24) is 4.98 Å². The molecule has 0 aliphatic rings. The number of hydrogen-bond acceptors (Lipinski definition) is 1. The van der Waals surface area contributed by atoms with Crippen LogP contribution >= 0.6 is 0 Å². The number of aromatic amines is 1. The normalized spacial score (nSPS) is 7.11. The molecule has 1 aromatic rings. The number of H-pyrrole nitrogens is 1. The van der Waals surface area contributed by atoms with Crippen molar-refractivity contribution >= 4 is 13.7 Å². The summed E-state index contributed by atoms with van der Waals surface area (Å²) in [7, 11) is 4.03. The molecule has 9 heavy (non-hydrogen) atoms. The van der Waals surface area contributed by atoms with E-state index in [1.807, 2.05) is 24.5 Å². The fraction of sp³-hybridized carbons (Fsp3) is 0. The van der Waals surface area contributed by atoms with Crippen LogP contribution in [0.4, 0.5) is 4.79 Å². The fourth-order valence-electron chi connectivity index (χ4n) is 0.278. The van der Waals surface area contributed by atoms with Gasteiger partial charge < -0.3 is 10.1 Å². The fourth-order valence-corrected chi connectivity index (χ4v) is 0.278. The first-order valence-corrected chi connectivity index (χ1v) is 2.29. The summed E-state index contributed by atoms with van der Waals surface area (Å²) in [5.74, 6) is -1.33. The molecule has 0 atom stereocenters. The third kappa shape index (κ3) is 10.9. The largest absolute Gasteiger partial charge is 0.490 e. The molecule has 0 amide bonds. The summed E-state index contributed by atoms with van der Waals surface area (Å²) in [6.45, 7) is 0. The lowest BCUT2D eigenvalue weighted by atomic mass is 10.2. The van der Waals surface area contributed by atoms with Crippen molar-refractivity contribution in [3.8, 4) is 0 Å². The molecule has 0 saturated heterocycles. The van der Waals surface area contributed by atoms with Gasteiger partial charge in [-0.05, 0) is 12.1 Å². The zero-order chi connectivity index (χ0) is 7.11. The van der Waals surface area contributed by atoms with Gasteiger partial charge in [0.25, 0.3) is 0 Å². The predicted octanol–water partition coefficient (Wildman–Crippen LogP) is 0.848. The van der Waals surface area contributed by atoms with Gasteiger partial charge in [-0.3, -0.25) is 4.79 Å². The van der Waals surface area contributed by atoms with Gasteiger partial charge in [0.2, 0.25) is 13.7 Å². The van der Waals surface area contributed by atoms with Crippen LogP contribution in [0.1, 0.15) is 0 Å². The van der Waals surface area contributed by atoms with E-state index < -0.39 is 5.87 Å². The minimum Gasteiger partial charge on any atom is -0.490 e. The molecule has 0 aromatic carbocycles. The Morgan fingerprint density at radius 2 is 1.78 bits per heavy atom. The molecule has 0 unspecified atom stereocenters. The summed E-state index contributed by atoms with van der Waals surface area (Å²) >= 11 is 0. The van der Waals surface area contributed by atoms with Gasteiger partial charge in [0.15, 0.2) is 0 Å². The Morgan fingerprint density at radius 3 is 1.89 bits per heavy atom. The van der Waals surface area contributed by atoms with Gasteiger partial charge in [-0.2, -0.15) is 0 Å². The molecule has 1 heterocycles. The molecule has 3 nitrogen and oxygen atoms in total. The zero-order valence-corrected chi connectivity index (χ0v) is 4.74. The molecule has 0 fully saturated rings. The summed E-state index contributed by atoms with van der Waals surface area (Å²) in [6.07, 6.45) is 3.75. The average Bonchev–Trinajstić information content (AvgIpc) is 2.11. The maximum atomic E-state index is 8.78. The van der Waals surface area contributed by atoms with E-state index in [1.165, 1.54) is 0 Å². The molecule has 0 saturated carbocycles. The van der Waals surface area contributed by atoms with Crippen LogP contribution < -0.4 is 0 Å². The van der Waals surface area contributed by atoms with Crippen molar-refractivity contribution in [3.05, 3.63) is 24.5 Å². The topological polar surface area (TPSA) is 53.1 Å². The number of rotatable bonds is 0. The molecular formula is C5H6BNO2. The smallest absolute Gasteiger partial charge is 0.233 e. The highest BCUT2D eigenvalue weighted by atomic mass is 16.4. The molecule has 1 aromatic heterocycles. The number of carboxylic acid groups (broad SMARTS) is 1. The van der Waals surface area contributed by atoms with Crippen molar-refractivity contribution in [2.45, 2.75) is 0 Å². The van der Waals surface area contributed by atoms with E-state index in [-0.39, 0.29) is 0 Å². The molecule has 0 aliphatic heterocycles. The van der Waals surface area contributed by atoms with Gasteiger partial charge in [0, 0.05) is 12.4 Å². The molecular weight excluding hydrogens is 117 g/mol. The Bertz CT molecular complexity index is 129. The first-order valence-electron chi connectivity index (χ1n) is 2.29. The second-order valence-corrected chi connectivity index (χ2v) is 1.22. The van der Waals surface area contributed by atoms with E-state index in [2.05, 4.69) is 12.8 Å². The highest BCUT2D eigenvalue weighted by Crippen LogP contribution is 1.72. The molecule has 46 valence electrons. The zero-order valence-electron chi connectivity index (χ0n) is 4.74. The highest BCUT2D eigenvalue weighted by molar-refractivity contribution is 6.54. The van der Waals surface area contributed by atoms with Crippen molar-refractivity contribution in [2.75, 3.05) is 0 Å². The number of carbonyl (C=O) groups is 1. The predicted molar refractivity (Wildman–Crippen MR) is 34.6 cm³/mol. The second-order valence-electron chi connectivity index (χ2n) is 1.22. The summed E-state index contributed by atoms with van der Waals surface area (Å²) in [5, 5.41) is 7.19. The van der Waals surface area contributed by atoms with Crippen LogP contribution in [0.3, 0.4) is 0 Å². The Labute approximate surface area is 54.1 Å². The monoisotopic (exact) mass is 123 g/mol. The van der Waals surface area contributed by atoms with Crippen LogP contribution in [-0.4, -0.2) is 23.8 Å². The van der Waals surface area contributed by atoms with Crippen molar-refractivity contribution in [3.63, 3.8) is 0 Å². The number of aromatic nitrogens is 1. The van der Waals surface area contributed by atoms with E-state index in [0.29, 0.717) is 0 Å². The van der Waals surface area contributed by atoms with Gasteiger partial charge in [-0.25, -0.2) is 0 Å². The van der Waals surface area contributed by atoms with E-state index in [1.54, 1.807) is 0 Å². The van der Waals surface area contributed by atoms with Crippen molar-refractivity contribution in [1.29, 1.82) is 0 Å². The average molecular weight is 123 g/mol. The van der Waals surface area contributed by atoms with Gasteiger partial charge in [0.1, 0.15) is 0 Å². The van der Waals surface area contributed by atoms with Crippen molar-refractivity contribution < 1.29 is 9.90 Å². The first-order chi connectivity index (χ1) is 4.23. The lowest BCUT2D eigenvalue weighted by Gasteiger charge is -1.59. The minimum absolute atomic E-state index is 1.33.